The summed E-state index contributed by atoms with van der Waals surface area (Å²) in [7, 11) is -1.93. The Hall–Kier alpha value is -2.08. The molecule has 0 saturated heterocycles. The van der Waals surface area contributed by atoms with Gasteiger partial charge in [0.05, 0.1) is 17.8 Å². The first-order chi connectivity index (χ1) is 15.9. The van der Waals surface area contributed by atoms with Crippen molar-refractivity contribution >= 4 is 33.2 Å². The largest absolute Gasteiger partial charge is 0.460 e. The fourth-order valence-electron chi connectivity index (χ4n) is 4.02. The lowest BCUT2D eigenvalue weighted by Crippen LogP contribution is -2.43. The molecule has 34 heavy (non-hydrogen) atoms. The third kappa shape index (κ3) is 7.46. The van der Waals surface area contributed by atoms with Gasteiger partial charge in [0.15, 0.2) is 10.6 Å². The number of methoxy groups -OCH3 is 1. The van der Waals surface area contributed by atoms with Gasteiger partial charge in [-0.2, -0.15) is 8.42 Å². The van der Waals surface area contributed by atoms with Gasteiger partial charge in [-0.15, -0.1) is 11.3 Å². The molecule has 0 unspecified atom stereocenters. The van der Waals surface area contributed by atoms with E-state index < -0.39 is 27.2 Å². The minimum Gasteiger partial charge on any atom is -0.460 e. The normalized spacial score (nSPS) is 22.0. The van der Waals surface area contributed by atoms with Crippen LogP contribution in [0.25, 0.3) is 0 Å². The lowest BCUT2D eigenvalue weighted by Gasteiger charge is -2.39. The quantitative estimate of drug-likeness (QED) is 0.394. The average molecular weight is 512 g/mol. The molecule has 0 radical (unpaired) electrons. The molecule has 1 aliphatic rings. The Balaban J connectivity index is 1.86. The molecule has 3 rings (SSSR count). The molecule has 188 valence electrons. The fraction of sp³-hybridized carbons (Fsp3) is 0.609. The molecule has 1 fully saturated rings. The van der Waals surface area contributed by atoms with Crippen LogP contribution in [0.15, 0.2) is 34.8 Å². The van der Waals surface area contributed by atoms with Gasteiger partial charge < -0.3 is 9.47 Å². The lowest BCUT2D eigenvalue weighted by atomic mass is 9.70. The Labute approximate surface area is 204 Å². The van der Waals surface area contributed by atoms with Gasteiger partial charge in [-0.3, -0.25) is 13.5 Å². The van der Waals surface area contributed by atoms with Crippen molar-refractivity contribution in [2.24, 2.45) is 10.4 Å². The zero-order chi connectivity index (χ0) is 25.0. The monoisotopic (exact) mass is 511 g/mol. The first kappa shape index (κ1) is 26.5. The van der Waals surface area contributed by atoms with Gasteiger partial charge in [0.25, 0.3) is 10.1 Å². The maximum absolute atomic E-state index is 13.3. The van der Waals surface area contributed by atoms with Crippen LogP contribution in [0.5, 0.6) is 0 Å². The summed E-state index contributed by atoms with van der Waals surface area (Å²) in [4.78, 5) is 23.4. The van der Waals surface area contributed by atoms with E-state index in [4.69, 9.17) is 18.6 Å². The van der Waals surface area contributed by atoms with Gasteiger partial charge in [0.2, 0.25) is 0 Å². The predicted molar refractivity (Wildman–Crippen MR) is 129 cm³/mol. The molecule has 0 aliphatic heterocycles. The molecule has 0 amide bonds. The van der Waals surface area contributed by atoms with Crippen LogP contribution in [0.3, 0.4) is 0 Å². The predicted octanol–water partition coefficient (Wildman–Crippen LogP) is 3.57. The number of pyridine rings is 1. The zero-order valence-electron chi connectivity index (χ0n) is 20.3. The molecule has 0 spiro atoms. The van der Waals surface area contributed by atoms with E-state index >= 15 is 0 Å². The summed E-state index contributed by atoms with van der Waals surface area (Å²) in [5.74, 6) is 0.247. The second-order valence-electron chi connectivity index (χ2n) is 9.63. The summed E-state index contributed by atoms with van der Waals surface area (Å²) < 4.78 is 41.2. The smallest absolute Gasteiger partial charge is 0.312 e. The topological polar surface area (TPSA) is 109 Å². The molecule has 0 bridgehead atoms. The lowest BCUT2D eigenvalue weighted by molar-refractivity contribution is -0.171. The Morgan fingerprint density at radius 3 is 2.62 bits per heavy atom. The standard InChI is InChI=1S/C23H33N3O6S2/c1-22(2,3)31-20(27)23(11-9-18(10-12-23)32-34(5,28)29)15-17-7-6-8-19(24-17)25-21-26(16-30-4)13-14-33-21/h6-8,13-14,18H,9-12,15-16H2,1-5H3/b25-21+. The molecule has 1 saturated carbocycles. The first-order valence-electron chi connectivity index (χ1n) is 11.1. The number of nitrogens with zero attached hydrogens (tertiary/aromatic N) is 3. The third-order valence-corrected chi connectivity index (χ3v) is 6.90. The van der Waals surface area contributed by atoms with E-state index in [2.05, 4.69) is 4.99 Å². The number of ether oxygens (including phenoxy) is 2. The van der Waals surface area contributed by atoms with Crippen LogP contribution < -0.4 is 4.80 Å². The highest BCUT2D eigenvalue weighted by molar-refractivity contribution is 7.86. The number of carbonyl (C=O) groups excluding carboxylic acids is 1. The van der Waals surface area contributed by atoms with E-state index in [-0.39, 0.29) is 5.97 Å². The Kier molecular flexibility index (Phi) is 8.33. The molecule has 2 aromatic heterocycles. The van der Waals surface area contributed by atoms with Crippen LogP contribution in [0.1, 0.15) is 52.1 Å². The first-order valence-corrected chi connectivity index (χ1v) is 13.8. The fourth-order valence-corrected chi connectivity index (χ4v) is 5.43. The Bertz CT molecular complexity index is 1160. The van der Waals surface area contributed by atoms with Crippen LogP contribution >= 0.6 is 11.3 Å². The van der Waals surface area contributed by atoms with Gasteiger partial charge in [0.1, 0.15) is 12.3 Å². The van der Waals surface area contributed by atoms with E-state index in [1.54, 1.807) is 7.11 Å². The number of esters is 1. The van der Waals surface area contributed by atoms with E-state index in [0.717, 1.165) is 16.8 Å². The molecule has 2 aromatic rings. The molecule has 1 aliphatic carbocycles. The highest BCUT2D eigenvalue weighted by Crippen LogP contribution is 2.42. The van der Waals surface area contributed by atoms with Crippen molar-refractivity contribution in [2.45, 2.75) is 71.3 Å². The van der Waals surface area contributed by atoms with Crippen molar-refractivity contribution < 1.29 is 26.9 Å². The summed E-state index contributed by atoms with van der Waals surface area (Å²) in [6.45, 7) is 5.90. The maximum Gasteiger partial charge on any atom is 0.312 e. The summed E-state index contributed by atoms with van der Waals surface area (Å²) in [6.07, 6.45) is 4.67. The number of aromatic nitrogens is 2. The van der Waals surface area contributed by atoms with Gasteiger partial charge in [0, 0.05) is 30.8 Å². The molecule has 2 heterocycles. The van der Waals surface area contributed by atoms with Crippen LogP contribution in [0.2, 0.25) is 0 Å². The Morgan fingerprint density at radius 2 is 2.00 bits per heavy atom. The van der Waals surface area contributed by atoms with Crippen LogP contribution in [-0.2, 0) is 41.7 Å². The molecule has 0 atom stereocenters. The second-order valence-corrected chi connectivity index (χ2v) is 12.1. The van der Waals surface area contributed by atoms with Crippen LogP contribution in [-0.4, -0.2) is 49.0 Å². The molecule has 0 aromatic carbocycles. The maximum atomic E-state index is 13.3. The van der Waals surface area contributed by atoms with Gasteiger partial charge in [-0.25, -0.2) is 9.98 Å². The number of rotatable bonds is 8. The van der Waals surface area contributed by atoms with E-state index in [9.17, 15) is 13.2 Å². The van der Waals surface area contributed by atoms with E-state index in [1.807, 2.05) is 55.1 Å². The van der Waals surface area contributed by atoms with E-state index in [0.29, 0.717) is 44.7 Å². The van der Waals surface area contributed by atoms with Crippen LogP contribution in [0.4, 0.5) is 5.82 Å². The second kappa shape index (κ2) is 10.7. The summed E-state index contributed by atoms with van der Waals surface area (Å²) in [6, 6.07) is 5.57. The van der Waals surface area contributed by atoms with Gasteiger partial charge in [-0.1, -0.05) is 6.07 Å². The molecular weight excluding hydrogens is 478 g/mol. The highest BCUT2D eigenvalue weighted by atomic mass is 32.2. The average Bonchev–Trinajstić information content (AvgIpc) is 3.14. The van der Waals surface area contributed by atoms with Crippen molar-refractivity contribution in [3.63, 3.8) is 0 Å². The number of carbonyl (C=O) groups is 1. The van der Waals surface area contributed by atoms with Gasteiger partial charge >= 0.3 is 5.97 Å². The van der Waals surface area contributed by atoms with Crippen LogP contribution in [0, 0.1) is 5.41 Å². The highest BCUT2D eigenvalue weighted by Gasteiger charge is 2.45. The summed E-state index contributed by atoms with van der Waals surface area (Å²) in [5, 5.41) is 1.93. The SMILES string of the molecule is COCn1ccs/c1=N/c1cccc(CC2(C(=O)OC(C)(C)C)CCC(OS(C)(=O)=O)CC2)n1. The van der Waals surface area contributed by atoms with Crippen molar-refractivity contribution in [3.8, 4) is 0 Å². The van der Waals surface area contributed by atoms with Crippen molar-refractivity contribution in [3.05, 3.63) is 40.3 Å². The zero-order valence-corrected chi connectivity index (χ0v) is 21.9. The molecular formula is C23H33N3O6S2. The minimum atomic E-state index is -3.56. The Morgan fingerprint density at radius 1 is 1.29 bits per heavy atom. The third-order valence-electron chi connectivity index (χ3n) is 5.48. The number of hydrogen-bond acceptors (Lipinski definition) is 9. The van der Waals surface area contributed by atoms with Crippen molar-refractivity contribution in [1.29, 1.82) is 0 Å². The molecule has 11 heteroatoms. The molecule has 0 N–H and O–H groups in total. The van der Waals surface area contributed by atoms with Gasteiger partial charge in [-0.05, 0) is 58.6 Å². The summed E-state index contributed by atoms with van der Waals surface area (Å²) >= 11 is 1.48. The summed E-state index contributed by atoms with van der Waals surface area (Å²) in [5.41, 5.74) is -0.720. The van der Waals surface area contributed by atoms with E-state index in [1.165, 1.54) is 11.3 Å². The number of hydrogen-bond donors (Lipinski definition) is 0. The number of thiazole rings is 1. The van der Waals surface area contributed by atoms with Crippen molar-refractivity contribution in [1.82, 2.24) is 9.55 Å². The van der Waals surface area contributed by atoms with Crippen molar-refractivity contribution in [2.75, 3.05) is 13.4 Å². The molecule has 9 nitrogen and oxygen atoms in total. The minimum absolute atomic E-state index is 0.293.